The third-order valence-corrected chi connectivity index (χ3v) is 4.73. The van der Waals surface area contributed by atoms with Gasteiger partial charge in [-0.2, -0.15) is 5.10 Å². The number of carbonyl (C=O) groups is 2. The molecule has 1 aliphatic heterocycles. The molecule has 0 saturated carbocycles. The molecule has 8 heteroatoms. The molecule has 0 bridgehead atoms. The number of amides is 2. The second-order valence-corrected chi connectivity index (χ2v) is 8.44. The molecule has 1 aromatic carbocycles. The van der Waals surface area contributed by atoms with Crippen molar-refractivity contribution in [2.45, 2.75) is 39.3 Å². The van der Waals surface area contributed by atoms with Gasteiger partial charge in [-0.15, -0.1) is 0 Å². The Labute approximate surface area is 171 Å². The average molecular weight is 399 g/mol. The summed E-state index contributed by atoms with van der Waals surface area (Å²) in [4.78, 5) is 28.8. The van der Waals surface area contributed by atoms with Gasteiger partial charge in [-0.1, -0.05) is 0 Å². The van der Waals surface area contributed by atoms with E-state index in [4.69, 9.17) is 4.74 Å². The summed E-state index contributed by atoms with van der Waals surface area (Å²) in [6, 6.07) is 7.39. The molecular weight excluding hydrogens is 370 g/mol. The standard InChI is InChI=1S/C21H29N5O3/c1-21(2,3)29-20(28)26-12-11-17-16(13-26)18(25(6)23-17)22-19(27)14-7-9-15(10-8-14)24(4)5/h7-10H,11-13H2,1-6H3,(H,22,27). The van der Waals surface area contributed by atoms with Gasteiger partial charge in [-0.05, 0) is 45.0 Å². The van der Waals surface area contributed by atoms with Gasteiger partial charge >= 0.3 is 6.09 Å². The minimum atomic E-state index is -0.554. The molecule has 0 atom stereocenters. The van der Waals surface area contributed by atoms with E-state index in [0.717, 1.165) is 16.9 Å². The van der Waals surface area contributed by atoms with Gasteiger partial charge in [-0.25, -0.2) is 4.79 Å². The molecule has 0 fully saturated rings. The number of aryl methyl sites for hydroxylation is 1. The highest BCUT2D eigenvalue weighted by Gasteiger charge is 2.30. The van der Waals surface area contributed by atoms with Crippen LogP contribution in [-0.2, 0) is 24.8 Å². The van der Waals surface area contributed by atoms with Gasteiger partial charge < -0.3 is 19.9 Å². The quantitative estimate of drug-likeness (QED) is 0.858. The fourth-order valence-corrected chi connectivity index (χ4v) is 3.23. The van der Waals surface area contributed by atoms with Crippen molar-refractivity contribution in [1.29, 1.82) is 0 Å². The molecular formula is C21H29N5O3. The van der Waals surface area contributed by atoms with Gasteiger partial charge in [0, 0.05) is 50.9 Å². The molecule has 2 heterocycles. The maximum atomic E-state index is 12.8. The predicted octanol–water partition coefficient (Wildman–Crippen LogP) is 3.03. The fraction of sp³-hybridized carbons (Fsp3) is 0.476. The summed E-state index contributed by atoms with van der Waals surface area (Å²) in [5.41, 5.74) is 2.77. The Bertz CT molecular complexity index is 910. The molecule has 1 N–H and O–H groups in total. The summed E-state index contributed by atoms with van der Waals surface area (Å²) < 4.78 is 7.15. The number of hydrogen-bond donors (Lipinski definition) is 1. The number of anilines is 2. The van der Waals surface area contributed by atoms with Crippen LogP contribution in [0.1, 0.15) is 42.4 Å². The Morgan fingerprint density at radius 1 is 1.17 bits per heavy atom. The molecule has 156 valence electrons. The van der Waals surface area contributed by atoms with Gasteiger partial charge in [0.15, 0.2) is 0 Å². The number of fused-ring (bicyclic) bond motifs is 1. The molecule has 0 aliphatic carbocycles. The van der Waals surface area contributed by atoms with Crippen LogP contribution in [0.15, 0.2) is 24.3 Å². The van der Waals surface area contributed by atoms with Gasteiger partial charge in [-0.3, -0.25) is 9.48 Å². The lowest BCUT2D eigenvalue weighted by atomic mass is 10.1. The topological polar surface area (TPSA) is 79.7 Å². The monoisotopic (exact) mass is 399 g/mol. The van der Waals surface area contributed by atoms with Gasteiger partial charge in [0.05, 0.1) is 12.2 Å². The number of nitrogens with zero attached hydrogens (tertiary/aromatic N) is 4. The van der Waals surface area contributed by atoms with E-state index in [0.29, 0.717) is 30.9 Å². The predicted molar refractivity (Wildman–Crippen MR) is 112 cm³/mol. The van der Waals surface area contributed by atoms with Crippen molar-refractivity contribution < 1.29 is 14.3 Å². The molecule has 2 amide bonds. The van der Waals surface area contributed by atoms with Crippen molar-refractivity contribution in [3.8, 4) is 0 Å². The molecule has 0 spiro atoms. The zero-order chi connectivity index (χ0) is 21.3. The van der Waals surface area contributed by atoms with Gasteiger partial charge in [0.1, 0.15) is 11.4 Å². The van der Waals surface area contributed by atoms with Crippen LogP contribution in [0.4, 0.5) is 16.3 Å². The summed E-state index contributed by atoms with van der Waals surface area (Å²) in [5.74, 6) is 0.394. The Morgan fingerprint density at radius 3 is 2.41 bits per heavy atom. The first-order valence-corrected chi connectivity index (χ1v) is 9.66. The Morgan fingerprint density at radius 2 is 1.83 bits per heavy atom. The number of benzene rings is 1. The van der Waals surface area contributed by atoms with Crippen LogP contribution in [0.5, 0.6) is 0 Å². The first-order valence-electron chi connectivity index (χ1n) is 9.66. The summed E-state index contributed by atoms with van der Waals surface area (Å²) >= 11 is 0. The third-order valence-electron chi connectivity index (χ3n) is 4.73. The molecule has 29 heavy (non-hydrogen) atoms. The Kier molecular flexibility index (Phi) is 5.55. The van der Waals surface area contributed by atoms with Crippen molar-refractivity contribution in [3.63, 3.8) is 0 Å². The maximum absolute atomic E-state index is 12.8. The van der Waals surface area contributed by atoms with Crippen LogP contribution < -0.4 is 10.2 Å². The molecule has 0 unspecified atom stereocenters. The lowest BCUT2D eigenvalue weighted by molar-refractivity contribution is 0.0224. The fourth-order valence-electron chi connectivity index (χ4n) is 3.23. The number of hydrogen-bond acceptors (Lipinski definition) is 5. The van der Waals surface area contributed by atoms with Crippen molar-refractivity contribution >= 4 is 23.5 Å². The average Bonchev–Trinajstić information content (AvgIpc) is 2.95. The summed E-state index contributed by atoms with van der Waals surface area (Å²) in [6.07, 6.45) is 0.263. The van der Waals surface area contributed by atoms with E-state index in [1.54, 1.807) is 28.8 Å². The van der Waals surface area contributed by atoms with E-state index in [1.165, 1.54) is 0 Å². The zero-order valence-corrected chi connectivity index (χ0v) is 17.9. The Balaban J connectivity index is 1.77. The normalized spacial score (nSPS) is 13.7. The van der Waals surface area contributed by atoms with Crippen molar-refractivity contribution in [2.24, 2.45) is 7.05 Å². The zero-order valence-electron chi connectivity index (χ0n) is 17.9. The van der Waals surface area contributed by atoms with Gasteiger partial charge in [0.2, 0.25) is 0 Å². The Hall–Kier alpha value is -3.03. The number of rotatable bonds is 3. The molecule has 1 aromatic heterocycles. The van der Waals surface area contributed by atoms with Crippen molar-refractivity contribution in [3.05, 3.63) is 41.1 Å². The van der Waals surface area contributed by atoms with E-state index < -0.39 is 5.60 Å². The lowest BCUT2D eigenvalue weighted by Gasteiger charge is -2.29. The lowest BCUT2D eigenvalue weighted by Crippen LogP contribution is -2.40. The molecule has 3 rings (SSSR count). The van der Waals surface area contributed by atoms with Crippen LogP contribution in [0.3, 0.4) is 0 Å². The highest BCUT2D eigenvalue weighted by molar-refractivity contribution is 6.04. The van der Waals surface area contributed by atoms with Crippen LogP contribution in [-0.4, -0.2) is 52.9 Å². The van der Waals surface area contributed by atoms with Crippen molar-refractivity contribution in [1.82, 2.24) is 14.7 Å². The second kappa shape index (κ2) is 7.77. The maximum Gasteiger partial charge on any atom is 0.410 e. The van der Waals surface area contributed by atoms with Crippen LogP contribution in [0, 0.1) is 0 Å². The van der Waals surface area contributed by atoms with Crippen LogP contribution in [0.25, 0.3) is 0 Å². The SMILES string of the molecule is CN(C)c1ccc(C(=O)Nc2c3c(nn2C)CCN(C(=O)OC(C)(C)C)C3)cc1. The molecule has 2 aromatic rings. The molecule has 0 radical (unpaired) electrons. The van der Waals surface area contributed by atoms with E-state index in [2.05, 4.69) is 10.4 Å². The van der Waals surface area contributed by atoms with E-state index >= 15 is 0 Å². The molecule has 8 nitrogen and oxygen atoms in total. The summed E-state index contributed by atoms with van der Waals surface area (Å²) in [7, 11) is 5.70. The molecule has 0 saturated heterocycles. The van der Waals surface area contributed by atoms with Crippen molar-refractivity contribution in [2.75, 3.05) is 30.9 Å². The minimum absolute atomic E-state index is 0.213. The van der Waals surface area contributed by atoms with Crippen LogP contribution >= 0.6 is 0 Å². The number of nitrogens with one attached hydrogen (secondary N) is 1. The minimum Gasteiger partial charge on any atom is -0.444 e. The highest BCUT2D eigenvalue weighted by Crippen LogP contribution is 2.27. The summed E-state index contributed by atoms with van der Waals surface area (Å²) in [6.45, 7) is 6.43. The molecule has 1 aliphatic rings. The van der Waals surface area contributed by atoms with E-state index in [1.807, 2.05) is 51.9 Å². The first kappa shape index (κ1) is 20.7. The summed E-state index contributed by atoms with van der Waals surface area (Å²) in [5, 5.41) is 7.48. The van der Waals surface area contributed by atoms with E-state index in [9.17, 15) is 9.59 Å². The van der Waals surface area contributed by atoms with Gasteiger partial charge in [0.25, 0.3) is 5.91 Å². The smallest absolute Gasteiger partial charge is 0.410 e. The number of carbonyl (C=O) groups excluding carboxylic acids is 2. The number of aromatic nitrogens is 2. The highest BCUT2D eigenvalue weighted by atomic mass is 16.6. The van der Waals surface area contributed by atoms with E-state index in [-0.39, 0.29) is 12.0 Å². The first-order chi connectivity index (χ1) is 13.5. The largest absolute Gasteiger partial charge is 0.444 e. The third kappa shape index (κ3) is 4.70. The second-order valence-electron chi connectivity index (χ2n) is 8.44. The van der Waals surface area contributed by atoms with Crippen LogP contribution in [0.2, 0.25) is 0 Å². The number of ether oxygens (including phenoxy) is 1.